The third kappa shape index (κ3) is 4.42. The molecule has 1 aromatic heterocycles. The van der Waals surface area contributed by atoms with Crippen LogP contribution in [0.1, 0.15) is 17.1 Å². The Labute approximate surface area is 180 Å². The summed E-state index contributed by atoms with van der Waals surface area (Å²) in [5.74, 6) is 1.70. The predicted octanol–water partition coefficient (Wildman–Crippen LogP) is 4.71. The van der Waals surface area contributed by atoms with Gasteiger partial charge in [0.05, 0.1) is 7.11 Å². The van der Waals surface area contributed by atoms with Gasteiger partial charge in [-0.3, -0.25) is 0 Å². The molecule has 3 aromatic rings. The molecule has 1 saturated heterocycles. The number of aromatic nitrogens is 1. The number of benzene rings is 2. The number of nitriles is 1. The van der Waals surface area contributed by atoms with Gasteiger partial charge >= 0.3 is 0 Å². The summed E-state index contributed by atoms with van der Waals surface area (Å²) in [5.41, 5.74) is 2.36. The van der Waals surface area contributed by atoms with Gasteiger partial charge in [0.15, 0.2) is 0 Å². The Morgan fingerprint density at radius 3 is 2.57 bits per heavy atom. The first-order chi connectivity index (χ1) is 14.7. The van der Waals surface area contributed by atoms with E-state index in [-0.39, 0.29) is 0 Å². The van der Waals surface area contributed by atoms with E-state index in [1.807, 2.05) is 48.5 Å². The molecule has 0 N–H and O–H groups in total. The van der Waals surface area contributed by atoms with E-state index in [1.54, 1.807) is 13.2 Å². The lowest BCUT2D eigenvalue weighted by Gasteiger charge is -2.35. The zero-order valence-corrected chi connectivity index (χ0v) is 17.3. The molecule has 1 aliphatic heterocycles. The van der Waals surface area contributed by atoms with E-state index in [9.17, 15) is 5.26 Å². The Balaban J connectivity index is 1.47. The summed E-state index contributed by atoms with van der Waals surface area (Å²) in [5, 5.41) is 10.2. The van der Waals surface area contributed by atoms with Crippen LogP contribution in [0.25, 0.3) is 12.2 Å². The van der Waals surface area contributed by atoms with Gasteiger partial charge in [-0.15, -0.1) is 0 Å². The minimum atomic E-state index is 0.302. The van der Waals surface area contributed by atoms with Crippen LogP contribution in [0.5, 0.6) is 5.75 Å². The number of hydrogen-bond acceptors (Lipinski definition) is 6. The summed E-state index contributed by atoms with van der Waals surface area (Å²) in [4.78, 5) is 8.67. The Bertz CT molecular complexity index is 1090. The van der Waals surface area contributed by atoms with Crippen molar-refractivity contribution >= 4 is 35.3 Å². The molecule has 2 aromatic carbocycles. The van der Waals surface area contributed by atoms with Gasteiger partial charge in [-0.1, -0.05) is 29.8 Å². The summed E-state index contributed by atoms with van der Waals surface area (Å²) in [6, 6.07) is 17.7. The number of ether oxygens (including phenoxy) is 1. The first kappa shape index (κ1) is 19.9. The quantitative estimate of drug-likeness (QED) is 0.595. The lowest BCUT2D eigenvalue weighted by atomic mass is 10.2. The van der Waals surface area contributed by atoms with Crippen LogP contribution in [-0.2, 0) is 0 Å². The van der Waals surface area contributed by atoms with E-state index in [0.29, 0.717) is 17.5 Å². The first-order valence-electron chi connectivity index (χ1n) is 9.65. The third-order valence-corrected chi connectivity index (χ3v) is 5.22. The number of oxazole rings is 1. The zero-order valence-electron chi connectivity index (χ0n) is 16.6. The van der Waals surface area contributed by atoms with E-state index in [2.05, 4.69) is 26.9 Å². The SMILES string of the molecule is COc1cccc(C=Cc2nc(C#N)c(N3CCN(c4cccc(Cl)c4)CC3)o2)c1. The van der Waals surface area contributed by atoms with Gasteiger partial charge in [-0.05, 0) is 42.0 Å². The molecule has 0 unspecified atom stereocenters. The average Bonchev–Trinajstić information content (AvgIpc) is 3.21. The van der Waals surface area contributed by atoms with Crippen molar-refractivity contribution < 1.29 is 9.15 Å². The van der Waals surface area contributed by atoms with Crippen molar-refractivity contribution in [3.05, 3.63) is 70.7 Å². The Hall–Kier alpha value is -3.43. The Kier molecular flexibility index (Phi) is 5.92. The fourth-order valence-corrected chi connectivity index (χ4v) is 3.62. The van der Waals surface area contributed by atoms with Crippen LogP contribution in [-0.4, -0.2) is 38.3 Å². The summed E-state index contributed by atoms with van der Waals surface area (Å²) in [6.45, 7) is 3.08. The van der Waals surface area contributed by atoms with Gasteiger partial charge in [0, 0.05) is 43.0 Å². The average molecular weight is 421 g/mol. The fraction of sp³-hybridized carbons (Fsp3) is 0.217. The smallest absolute Gasteiger partial charge is 0.235 e. The molecular formula is C23H21ClN4O2. The van der Waals surface area contributed by atoms with Crippen molar-refractivity contribution in [1.82, 2.24) is 4.98 Å². The molecule has 1 aliphatic rings. The molecule has 0 saturated carbocycles. The van der Waals surface area contributed by atoms with Crippen molar-refractivity contribution in [2.24, 2.45) is 0 Å². The van der Waals surface area contributed by atoms with Crippen LogP contribution >= 0.6 is 11.6 Å². The molecule has 2 heterocycles. The maximum atomic E-state index is 9.51. The largest absolute Gasteiger partial charge is 0.497 e. The van der Waals surface area contributed by atoms with Gasteiger partial charge in [0.2, 0.25) is 17.5 Å². The second-order valence-corrected chi connectivity index (χ2v) is 7.32. The second-order valence-electron chi connectivity index (χ2n) is 6.88. The highest BCUT2D eigenvalue weighted by atomic mass is 35.5. The number of nitrogens with zero attached hydrogens (tertiary/aromatic N) is 4. The van der Waals surface area contributed by atoms with Crippen molar-refractivity contribution in [2.45, 2.75) is 0 Å². The Morgan fingerprint density at radius 2 is 1.83 bits per heavy atom. The van der Waals surface area contributed by atoms with Gasteiger partial charge in [-0.25, -0.2) is 0 Å². The molecule has 6 nitrogen and oxygen atoms in total. The van der Waals surface area contributed by atoms with Crippen molar-refractivity contribution in [1.29, 1.82) is 5.26 Å². The standard InChI is InChI=1S/C23H21ClN4O2/c1-29-20-7-2-4-17(14-20)8-9-22-26-21(16-25)23(30-22)28-12-10-27(11-13-28)19-6-3-5-18(24)15-19/h2-9,14-15H,10-13H2,1H3. The number of hydrogen-bond donors (Lipinski definition) is 0. The zero-order chi connectivity index (χ0) is 20.9. The van der Waals surface area contributed by atoms with E-state index in [4.69, 9.17) is 20.8 Å². The molecule has 0 spiro atoms. The maximum absolute atomic E-state index is 9.51. The van der Waals surface area contributed by atoms with Crippen LogP contribution in [0.15, 0.2) is 52.9 Å². The highest BCUT2D eigenvalue weighted by Gasteiger charge is 2.24. The number of rotatable bonds is 5. The molecule has 4 rings (SSSR count). The lowest BCUT2D eigenvalue weighted by Crippen LogP contribution is -2.46. The number of anilines is 2. The predicted molar refractivity (Wildman–Crippen MR) is 119 cm³/mol. The minimum Gasteiger partial charge on any atom is -0.497 e. The molecule has 0 amide bonds. The highest BCUT2D eigenvalue weighted by Crippen LogP contribution is 2.27. The molecule has 7 heteroatoms. The minimum absolute atomic E-state index is 0.302. The molecular weight excluding hydrogens is 400 g/mol. The molecule has 0 radical (unpaired) electrons. The highest BCUT2D eigenvalue weighted by molar-refractivity contribution is 6.30. The molecule has 0 atom stereocenters. The summed E-state index contributed by atoms with van der Waals surface area (Å²) >= 11 is 6.11. The van der Waals surface area contributed by atoms with E-state index < -0.39 is 0 Å². The van der Waals surface area contributed by atoms with E-state index in [1.165, 1.54) is 0 Å². The second kappa shape index (κ2) is 8.93. The summed E-state index contributed by atoms with van der Waals surface area (Å²) in [7, 11) is 1.63. The topological polar surface area (TPSA) is 65.5 Å². The summed E-state index contributed by atoms with van der Waals surface area (Å²) < 4.78 is 11.2. The lowest BCUT2D eigenvalue weighted by molar-refractivity contribution is 0.414. The third-order valence-electron chi connectivity index (χ3n) is 4.98. The Morgan fingerprint density at radius 1 is 1.07 bits per heavy atom. The number of methoxy groups -OCH3 is 1. The molecule has 1 fully saturated rings. The molecule has 152 valence electrons. The first-order valence-corrected chi connectivity index (χ1v) is 10.0. The number of piperazine rings is 1. The van der Waals surface area contributed by atoms with Crippen LogP contribution in [0.2, 0.25) is 5.02 Å². The molecule has 0 bridgehead atoms. The summed E-state index contributed by atoms with van der Waals surface area (Å²) in [6.07, 6.45) is 3.65. The van der Waals surface area contributed by atoms with Gasteiger partial charge < -0.3 is 19.0 Å². The van der Waals surface area contributed by atoms with Gasteiger partial charge in [-0.2, -0.15) is 10.2 Å². The van der Waals surface area contributed by atoms with E-state index >= 15 is 0 Å². The van der Waals surface area contributed by atoms with Gasteiger partial charge in [0.25, 0.3) is 0 Å². The van der Waals surface area contributed by atoms with E-state index in [0.717, 1.165) is 48.2 Å². The van der Waals surface area contributed by atoms with Crippen molar-refractivity contribution in [3.63, 3.8) is 0 Å². The van der Waals surface area contributed by atoms with Crippen molar-refractivity contribution in [3.8, 4) is 11.8 Å². The van der Waals surface area contributed by atoms with Gasteiger partial charge in [0.1, 0.15) is 11.8 Å². The van der Waals surface area contributed by atoms with Crippen LogP contribution < -0.4 is 14.5 Å². The maximum Gasteiger partial charge on any atom is 0.235 e. The molecule has 0 aliphatic carbocycles. The normalized spacial score (nSPS) is 14.2. The van der Waals surface area contributed by atoms with Crippen LogP contribution in [0.4, 0.5) is 11.6 Å². The van der Waals surface area contributed by atoms with Crippen LogP contribution in [0, 0.1) is 11.3 Å². The van der Waals surface area contributed by atoms with Crippen LogP contribution in [0.3, 0.4) is 0 Å². The monoisotopic (exact) mass is 420 g/mol. The van der Waals surface area contributed by atoms with Crippen molar-refractivity contribution in [2.75, 3.05) is 43.1 Å². The molecule has 30 heavy (non-hydrogen) atoms. The number of halogens is 1. The fourth-order valence-electron chi connectivity index (χ4n) is 3.44.